The van der Waals surface area contributed by atoms with Gasteiger partial charge in [-0.25, -0.2) is 0 Å². The second kappa shape index (κ2) is 4.63. The average molecular weight is 188 g/mol. The van der Waals surface area contributed by atoms with E-state index in [4.69, 9.17) is 0 Å². The minimum absolute atomic E-state index is 0.854. The third-order valence-corrected chi connectivity index (χ3v) is 3.51. The lowest BCUT2D eigenvalue weighted by atomic mass is 9.95. The van der Waals surface area contributed by atoms with Gasteiger partial charge in [0.25, 0.3) is 0 Å². The van der Waals surface area contributed by atoms with Gasteiger partial charge in [-0.1, -0.05) is 50.1 Å². The maximum atomic E-state index is 2.30. The Bertz CT molecular complexity index is 263. The zero-order valence-corrected chi connectivity index (χ0v) is 9.08. The first kappa shape index (κ1) is 9.76. The Balaban J connectivity index is 1.96. The molecule has 0 aromatic heterocycles. The lowest BCUT2D eigenvalue weighted by molar-refractivity contribution is 0.489. The number of benzene rings is 1. The van der Waals surface area contributed by atoms with Crippen molar-refractivity contribution in [1.29, 1.82) is 0 Å². The maximum absolute atomic E-state index is 2.30. The van der Waals surface area contributed by atoms with Gasteiger partial charge in [0.05, 0.1) is 0 Å². The highest BCUT2D eigenvalue weighted by molar-refractivity contribution is 5.20. The van der Waals surface area contributed by atoms with E-state index in [2.05, 4.69) is 37.3 Å². The molecule has 0 saturated heterocycles. The monoisotopic (exact) mass is 188 g/mol. The highest BCUT2D eigenvalue weighted by Crippen LogP contribution is 2.39. The van der Waals surface area contributed by atoms with Gasteiger partial charge < -0.3 is 0 Å². The molecule has 0 bridgehead atoms. The van der Waals surface area contributed by atoms with Crippen molar-refractivity contribution >= 4 is 0 Å². The van der Waals surface area contributed by atoms with Crippen LogP contribution in [0.3, 0.4) is 0 Å². The summed E-state index contributed by atoms with van der Waals surface area (Å²) in [5.41, 5.74) is 1.56. The molecule has 0 aliphatic heterocycles. The molecule has 1 aromatic rings. The topological polar surface area (TPSA) is 0 Å². The first-order valence-corrected chi connectivity index (χ1v) is 5.95. The van der Waals surface area contributed by atoms with Gasteiger partial charge in [-0.2, -0.15) is 0 Å². The van der Waals surface area contributed by atoms with E-state index in [1.165, 1.54) is 32.1 Å². The summed E-state index contributed by atoms with van der Waals surface area (Å²) >= 11 is 0. The van der Waals surface area contributed by atoms with Crippen LogP contribution in [-0.4, -0.2) is 0 Å². The zero-order valence-electron chi connectivity index (χ0n) is 9.08. The molecule has 0 amide bonds. The molecule has 1 aliphatic carbocycles. The Labute approximate surface area is 87.3 Å². The molecule has 0 spiro atoms. The Hall–Kier alpha value is -0.780. The van der Waals surface area contributed by atoms with Crippen LogP contribution in [0, 0.1) is 5.92 Å². The number of hydrogen-bond donors (Lipinski definition) is 0. The molecule has 1 aliphatic rings. The lowest BCUT2D eigenvalue weighted by Crippen LogP contribution is -1.95. The predicted octanol–water partition coefficient (Wildman–Crippen LogP) is 4.37. The fraction of sp³-hybridized carbons (Fsp3) is 0.571. The highest BCUT2D eigenvalue weighted by Gasteiger charge is 2.24. The molecule has 1 aromatic carbocycles. The van der Waals surface area contributed by atoms with Gasteiger partial charge in [0.15, 0.2) is 0 Å². The zero-order chi connectivity index (χ0) is 9.80. The summed E-state index contributed by atoms with van der Waals surface area (Å²) in [6.45, 7) is 2.30. The van der Waals surface area contributed by atoms with E-state index in [9.17, 15) is 0 Å². The Morgan fingerprint density at radius 1 is 1.14 bits per heavy atom. The number of rotatable bonds is 3. The van der Waals surface area contributed by atoms with E-state index in [0.29, 0.717) is 0 Å². The van der Waals surface area contributed by atoms with Crippen molar-refractivity contribution in [3.8, 4) is 0 Å². The normalized spacial score (nSPS) is 26.6. The van der Waals surface area contributed by atoms with Crippen LogP contribution >= 0.6 is 0 Å². The molecule has 0 nitrogen and oxygen atoms in total. The SMILES string of the molecule is CCCC1CC[C@H](c2ccccc2)C1. The molecule has 76 valence electrons. The molecule has 0 radical (unpaired) electrons. The fourth-order valence-electron chi connectivity index (χ4n) is 2.77. The van der Waals surface area contributed by atoms with Crippen LogP contribution in [0.15, 0.2) is 30.3 Å². The van der Waals surface area contributed by atoms with Crippen LogP contribution in [0.1, 0.15) is 50.5 Å². The van der Waals surface area contributed by atoms with Crippen molar-refractivity contribution in [2.45, 2.75) is 44.9 Å². The van der Waals surface area contributed by atoms with Crippen LogP contribution < -0.4 is 0 Å². The fourth-order valence-corrected chi connectivity index (χ4v) is 2.77. The summed E-state index contributed by atoms with van der Waals surface area (Å²) in [6, 6.07) is 11.0. The van der Waals surface area contributed by atoms with E-state index in [1.807, 2.05) is 0 Å². The molecule has 0 heterocycles. The molecule has 1 unspecified atom stereocenters. The van der Waals surface area contributed by atoms with Gasteiger partial charge in [0, 0.05) is 0 Å². The minimum atomic E-state index is 0.854. The first-order valence-electron chi connectivity index (χ1n) is 5.95. The summed E-state index contributed by atoms with van der Waals surface area (Å²) < 4.78 is 0. The Morgan fingerprint density at radius 3 is 2.64 bits per heavy atom. The quantitative estimate of drug-likeness (QED) is 0.660. The van der Waals surface area contributed by atoms with Crippen molar-refractivity contribution in [2.75, 3.05) is 0 Å². The summed E-state index contributed by atoms with van der Waals surface area (Å²) in [6.07, 6.45) is 7.08. The Morgan fingerprint density at radius 2 is 1.93 bits per heavy atom. The molecule has 2 atom stereocenters. The Kier molecular flexibility index (Phi) is 3.23. The van der Waals surface area contributed by atoms with Crippen molar-refractivity contribution in [1.82, 2.24) is 0 Å². The highest BCUT2D eigenvalue weighted by atomic mass is 14.3. The van der Waals surface area contributed by atoms with Crippen molar-refractivity contribution in [3.05, 3.63) is 35.9 Å². The molecule has 1 saturated carbocycles. The van der Waals surface area contributed by atoms with Gasteiger partial charge in [0.1, 0.15) is 0 Å². The minimum Gasteiger partial charge on any atom is -0.0654 e. The van der Waals surface area contributed by atoms with Crippen LogP contribution in [-0.2, 0) is 0 Å². The second-order valence-corrected chi connectivity index (χ2v) is 4.58. The molecule has 0 heteroatoms. The third kappa shape index (κ3) is 2.17. The van der Waals surface area contributed by atoms with Crippen molar-refractivity contribution in [2.24, 2.45) is 5.92 Å². The van der Waals surface area contributed by atoms with E-state index in [1.54, 1.807) is 5.56 Å². The molecule has 2 rings (SSSR count). The largest absolute Gasteiger partial charge is 0.0654 e. The summed E-state index contributed by atoms with van der Waals surface area (Å²) in [5.74, 6) is 1.86. The molecule has 1 fully saturated rings. The van der Waals surface area contributed by atoms with Gasteiger partial charge in [0.2, 0.25) is 0 Å². The predicted molar refractivity (Wildman–Crippen MR) is 61.4 cm³/mol. The second-order valence-electron chi connectivity index (χ2n) is 4.58. The number of hydrogen-bond acceptors (Lipinski definition) is 0. The summed E-state index contributed by atoms with van der Waals surface area (Å²) in [5, 5.41) is 0. The summed E-state index contributed by atoms with van der Waals surface area (Å²) in [7, 11) is 0. The third-order valence-electron chi connectivity index (χ3n) is 3.51. The van der Waals surface area contributed by atoms with Crippen molar-refractivity contribution in [3.63, 3.8) is 0 Å². The molecule has 0 N–H and O–H groups in total. The molecular weight excluding hydrogens is 168 g/mol. The van der Waals surface area contributed by atoms with E-state index in [0.717, 1.165) is 11.8 Å². The molecular formula is C14H20. The van der Waals surface area contributed by atoms with Crippen LogP contribution in [0.5, 0.6) is 0 Å². The summed E-state index contributed by atoms with van der Waals surface area (Å²) in [4.78, 5) is 0. The lowest BCUT2D eigenvalue weighted by Gasteiger charge is -2.10. The van der Waals surface area contributed by atoms with E-state index in [-0.39, 0.29) is 0 Å². The average Bonchev–Trinajstić information content (AvgIpc) is 2.68. The van der Waals surface area contributed by atoms with Crippen LogP contribution in [0.25, 0.3) is 0 Å². The maximum Gasteiger partial charge on any atom is -0.0159 e. The van der Waals surface area contributed by atoms with E-state index >= 15 is 0 Å². The van der Waals surface area contributed by atoms with Crippen LogP contribution in [0.2, 0.25) is 0 Å². The van der Waals surface area contributed by atoms with Gasteiger partial charge in [-0.05, 0) is 36.7 Å². The smallest absolute Gasteiger partial charge is 0.0159 e. The molecule has 14 heavy (non-hydrogen) atoms. The van der Waals surface area contributed by atoms with Crippen LogP contribution in [0.4, 0.5) is 0 Å². The van der Waals surface area contributed by atoms with Gasteiger partial charge in [-0.15, -0.1) is 0 Å². The van der Waals surface area contributed by atoms with E-state index < -0.39 is 0 Å². The van der Waals surface area contributed by atoms with Crippen molar-refractivity contribution < 1.29 is 0 Å². The first-order chi connectivity index (χ1) is 6.90. The van der Waals surface area contributed by atoms with Gasteiger partial charge >= 0.3 is 0 Å². The standard InChI is InChI=1S/C14H20/c1-2-6-12-9-10-14(11-12)13-7-4-3-5-8-13/h3-5,7-8,12,14H,2,6,9-11H2,1H3/t12?,14-/m0/s1. The van der Waals surface area contributed by atoms with Gasteiger partial charge in [-0.3, -0.25) is 0 Å².